The van der Waals surface area contributed by atoms with Gasteiger partial charge in [0.1, 0.15) is 0 Å². The van der Waals surface area contributed by atoms with Crippen LogP contribution in [0.25, 0.3) is 22.3 Å². The average molecular weight is 289 g/mol. The van der Waals surface area contributed by atoms with E-state index in [1.807, 2.05) is 54.6 Å². The second-order valence-electron chi connectivity index (χ2n) is 5.02. The van der Waals surface area contributed by atoms with Crippen molar-refractivity contribution in [3.63, 3.8) is 0 Å². The first kappa shape index (κ1) is 13.9. The van der Waals surface area contributed by atoms with Crippen molar-refractivity contribution in [2.75, 3.05) is 5.73 Å². The third kappa shape index (κ3) is 2.56. The minimum Gasteiger partial charge on any atom is -0.478 e. The molecule has 3 nitrogen and oxygen atoms in total. The number of anilines is 1. The van der Waals surface area contributed by atoms with Crippen molar-refractivity contribution in [3.8, 4) is 22.3 Å². The van der Waals surface area contributed by atoms with E-state index in [1.165, 1.54) is 0 Å². The van der Waals surface area contributed by atoms with E-state index in [0.717, 1.165) is 22.3 Å². The first-order valence-corrected chi connectivity index (χ1v) is 6.94. The van der Waals surface area contributed by atoms with Crippen LogP contribution < -0.4 is 5.73 Å². The van der Waals surface area contributed by atoms with Gasteiger partial charge in [-0.05, 0) is 34.4 Å². The van der Waals surface area contributed by atoms with Gasteiger partial charge in [-0.1, -0.05) is 60.7 Å². The number of aromatic carboxylic acids is 1. The molecule has 0 radical (unpaired) electrons. The summed E-state index contributed by atoms with van der Waals surface area (Å²) in [6.07, 6.45) is 0. The molecule has 3 heteroatoms. The van der Waals surface area contributed by atoms with Crippen LogP contribution in [0.15, 0.2) is 72.8 Å². The molecular formula is C19H15NO2. The zero-order valence-electron chi connectivity index (χ0n) is 11.9. The average Bonchev–Trinajstić information content (AvgIpc) is 2.55. The predicted molar refractivity (Wildman–Crippen MR) is 88.7 cm³/mol. The van der Waals surface area contributed by atoms with E-state index < -0.39 is 5.97 Å². The van der Waals surface area contributed by atoms with E-state index in [0.29, 0.717) is 0 Å². The van der Waals surface area contributed by atoms with E-state index in [2.05, 4.69) is 0 Å². The van der Waals surface area contributed by atoms with E-state index in [9.17, 15) is 4.79 Å². The van der Waals surface area contributed by atoms with Crippen LogP contribution in [0.5, 0.6) is 0 Å². The highest BCUT2D eigenvalue weighted by molar-refractivity contribution is 5.95. The molecule has 0 unspecified atom stereocenters. The Morgan fingerprint density at radius 2 is 1.36 bits per heavy atom. The summed E-state index contributed by atoms with van der Waals surface area (Å²) in [5.74, 6) is -1.01. The summed E-state index contributed by atoms with van der Waals surface area (Å²) in [7, 11) is 0. The SMILES string of the molecule is Nc1cc(-c2ccccc2-c2ccccc2)ccc1C(=O)O. The number of hydrogen-bond acceptors (Lipinski definition) is 2. The molecule has 3 N–H and O–H groups in total. The summed E-state index contributed by atoms with van der Waals surface area (Å²) in [5.41, 5.74) is 10.4. The maximum absolute atomic E-state index is 11.1. The summed E-state index contributed by atoms with van der Waals surface area (Å²) >= 11 is 0. The summed E-state index contributed by atoms with van der Waals surface area (Å²) in [4.78, 5) is 11.1. The van der Waals surface area contributed by atoms with Gasteiger partial charge in [0, 0.05) is 5.69 Å². The normalized spacial score (nSPS) is 10.4. The van der Waals surface area contributed by atoms with E-state index in [-0.39, 0.29) is 11.3 Å². The van der Waals surface area contributed by atoms with Crippen LogP contribution in [0, 0.1) is 0 Å². The van der Waals surface area contributed by atoms with Gasteiger partial charge in [-0.25, -0.2) is 4.79 Å². The second kappa shape index (κ2) is 5.74. The second-order valence-corrected chi connectivity index (χ2v) is 5.02. The van der Waals surface area contributed by atoms with Gasteiger partial charge in [0.25, 0.3) is 0 Å². The summed E-state index contributed by atoms with van der Waals surface area (Å²) in [5, 5.41) is 9.08. The molecule has 0 saturated heterocycles. The van der Waals surface area contributed by atoms with Gasteiger partial charge in [-0.15, -0.1) is 0 Å². The summed E-state index contributed by atoms with van der Waals surface area (Å²) < 4.78 is 0. The molecule has 22 heavy (non-hydrogen) atoms. The minimum absolute atomic E-state index is 0.126. The molecule has 0 fully saturated rings. The zero-order valence-corrected chi connectivity index (χ0v) is 11.9. The van der Waals surface area contributed by atoms with Gasteiger partial charge < -0.3 is 10.8 Å². The molecule has 3 aromatic rings. The van der Waals surface area contributed by atoms with Crippen molar-refractivity contribution in [1.82, 2.24) is 0 Å². The lowest BCUT2D eigenvalue weighted by molar-refractivity contribution is 0.0698. The molecule has 0 atom stereocenters. The standard InChI is InChI=1S/C19H15NO2/c20-18-12-14(10-11-17(18)19(21)22)16-9-5-4-8-15(16)13-6-2-1-3-7-13/h1-12H,20H2,(H,21,22). The fourth-order valence-electron chi connectivity index (χ4n) is 2.53. The molecule has 0 aromatic heterocycles. The maximum atomic E-state index is 11.1. The quantitative estimate of drug-likeness (QED) is 0.706. The molecule has 0 aliphatic heterocycles. The lowest BCUT2D eigenvalue weighted by atomic mass is 9.93. The van der Waals surface area contributed by atoms with Crippen molar-refractivity contribution in [2.45, 2.75) is 0 Å². The molecule has 108 valence electrons. The first-order valence-electron chi connectivity index (χ1n) is 6.94. The van der Waals surface area contributed by atoms with E-state index >= 15 is 0 Å². The number of hydrogen-bond donors (Lipinski definition) is 2. The summed E-state index contributed by atoms with van der Waals surface area (Å²) in [6, 6.07) is 23.1. The fraction of sp³-hybridized carbons (Fsp3) is 0. The molecule has 0 aliphatic carbocycles. The van der Waals surface area contributed by atoms with E-state index in [1.54, 1.807) is 18.2 Å². The van der Waals surface area contributed by atoms with Crippen LogP contribution in [0.3, 0.4) is 0 Å². The van der Waals surface area contributed by atoms with Gasteiger partial charge in [0.05, 0.1) is 5.56 Å². The lowest BCUT2D eigenvalue weighted by Crippen LogP contribution is -2.02. The Balaban J connectivity index is 2.14. The van der Waals surface area contributed by atoms with Crippen molar-refractivity contribution in [1.29, 1.82) is 0 Å². The molecular weight excluding hydrogens is 274 g/mol. The van der Waals surface area contributed by atoms with Crippen LogP contribution in [0.2, 0.25) is 0 Å². The Hall–Kier alpha value is -3.07. The van der Waals surface area contributed by atoms with Gasteiger partial charge in [0.15, 0.2) is 0 Å². The summed E-state index contributed by atoms with van der Waals surface area (Å²) in [6.45, 7) is 0. The van der Waals surface area contributed by atoms with E-state index in [4.69, 9.17) is 10.8 Å². The monoisotopic (exact) mass is 289 g/mol. The largest absolute Gasteiger partial charge is 0.478 e. The molecule has 3 rings (SSSR count). The van der Waals surface area contributed by atoms with Crippen molar-refractivity contribution >= 4 is 11.7 Å². The Morgan fingerprint density at radius 1 is 0.773 bits per heavy atom. The topological polar surface area (TPSA) is 63.3 Å². The number of rotatable bonds is 3. The van der Waals surface area contributed by atoms with Crippen LogP contribution in [-0.2, 0) is 0 Å². The fourth-order valence-corrected chi connectivity index (χ4v) is 2.53. The lowest BCUT2D eigenvalue weighted by Gasteiger charge is -2.11. The number of benzene rings is 3. The van der Waals surface area contributed by atoms with Gasteiger partial charge in [-0.2, -0.15) is 0 Å². The molecule has 3 aromatic carbocycles. The van der Waals surface area contributed by atoms with Crippen LogP contribution in [0.4, 0.5) is 5.69 Å². The number of nitrogens with two attached hydrogens (primary N) is 1. The molecule has 0 amide bonds. The van der Waals surface area contributed by atoms with Crippen LogP contribution in [-0.4, -0.2) is 11.1 Å². The molecule has 0 spiro atoms. The van der Waals surface area contributed by atoms with Crippen LogP contribution in [0.1, 0.15) is 10.4 Å². The highest BCUT2D eigenvalue weighted by Crippen LogP contribution is 2.33. The molecule has 0 aliphatic rings. The Labute approximate surface area is 128 Å². The van der Waals surface area contributed by atoms with Gasteiger partial charge in [-0.3, -0.25) is 0 Å². The maximum Gasteiger partial charge on any atom is 0.337 e. The minimum atomic E-state index is -1.01. The molecule has 0 saturated carbocycles. The van der Waals surface area contributed by atoms with Crippen molar-refractivity contribution in [2.24, 2.45) is 0 Å². The zero-order chi connectivity index (χ0) is 15.5. The van der Waals surface area contributed by atoms with Gasteiger partial charge >= 0.3 is 5.97 Å². The molecule has 0 bridgehead atoms. The number of carboxylic acid groups (broad SMARTS) is 1. The number of carboxylic acids is 1. The van der Waals surface area contributed by atoms with Gasteiger partial charge in [0.2, 0.25) is 0 Å². The smallest absolute Gasteiger partial charge is 0.337 e. The van der Waals surface area contributed by atoms with Crippen LogP contribution >= 0.6 is 0 Å². The Bertz CT molecular complexity index is 826. The Morgan fingerprint density at radius 3 is 1.95 bits per heavy atom. The highest BCUT2D eigenvalue weighted by atomic mass is 16.4. The van der Waals surface area contributed by atoms with Crippen molar-refractivity contribution in [3.05, 3.63) is 78.4 Å². The Kier molecular flexibility index (Phi) is 3.62. The molecule has 0 heterocycles. The highest BCUT2D eigenvalue weighted by Gasteiger charge is 2.11. The van der Waals surface area contributed by atoms with Crippen molar-refractivity contribution < 1.29 is 9.90 Å². The first-order chi connectivity index (χ1) is 10.7. The number of nitrogen functional groups attached to an aromatic ring is 1. The third-order valence-corrected chi connectivity index (χ3v) is 3.60. The number of carbonyl (C=O) groups is 1. The predicted octanol–water partition coefficient (Wildman–Crippen LogP) is 4.30. The third-order valence-electron chi connectivity index (χ3n) is 3.60.